The van der Waals surface area contributed by atoms with Crippen LogP contribution in [0, 0.1) is 13.8 Å². The lowest BCUT2D eigenvalue weighted by molar-refractivity contribution is -0.139. The first-order valence-corrected chi connectivity index (χ1v) is 11.3. The van der Waals surface area contributed by atoms with Gasteiger partial charge in [0.15, 0.2) is 11.5 Å². The highest BCUT2D eigenvalue weighted by molar-refractivity contribution is 5.95. The van der Waals surface area contributed by atoms with E-state index in [0.717, 1.165) is 28.7 Å². The van der Waals surface area contributed by atoms with Gasteiger partial charge in [0.1, 0.15) is 0 Å². The zero-order valence-corrected chi connectivity index (χ0v) is 20.4. The molecule has 3 N–H and O–H groups in total. The number of benzene rings is 2. The van der Waals surface area contributed by atoms with Crippen LogP contribution in [-0.4, -0.2) is 45.9 Å². The van der Waals surface area contributed by atoms with Crippen LogP contribution in [0.5, 0.6) is 11.5 Å². The molecular weight excluding hydrogens is 434 g/mol. The number of amides is 2. The van der Waals surface area contributed by atoms with E-state index in [2.05, 4.69) is 16.0 Å². The number of urea groups is 1. The summed E-state index contributed by atoms with van der Waals surface area (Å²) in [6, 6.07) is 10.8. The summed E-state index contributed by atoms with van der Waals surface area (Å²) in [4.78, 5) is 25.5. The van der Waals surface area contributed by atoms with Crippen molar-refractivity contribution in [2.45, 2.75) is 33.2 Å². The van der Waals surface area contributed by atoms with Crippen molar-refractivity contribution in [2.24, 2.45) is 0 Å². The fourth-order valence-electron chi connectivity index (χ4n) is 3.99. The fourth-order valence-corrected chi connectivity index (χ4v) is 3.99. The van der Waals surface area contributed by atoms with Gasteiger partial charge in [0.25, 0.3) is 0 Å². The van der Waals surface area contributed by atoms with E-state index in [0.29, 0.717) is 35.9 Å². The molecule has 1 aliphatic heterocycles. The van der Waals surface area contributed by atoms with Gasteiger partial charge < -0.3 is 30.2 Å². The van der Waals surface area contributed by atoms with Crippen molar-refractivity contribution in [3.63, 3.8) is 0 Å². The van der Waals surface area contributed by atoms with Crippen LogP contribution in [0.1, 0.15) is 35.2 Å². The second-order valence-corrected chi connectivity index (χ2v) is 8.12. The molecule has 0 saturated heterocycles. The van der Waals surface area contributed by atoms with Gasteiger partial charge in [-0.15, -0.1) is 0 Å². The summed E-state index contributed by atoms with van der Waals surface area (Å²) in [6.45, 7) is 6.91. The number of rotatable bonds is 10. The third-order valence-electron chi connectivity index (χ3n) is 5.73. The summed E-state index contributed by atoms with van der Waals surface area (Å²) in [7, 11) is 3.21. The van der Waals surface area contributed by atoms with Gasteiger partial charge in [-0.3, -0.25) is 0 Å². The lowest BCUT2D eigenvalue weighted by Gasteiger charge is -2.30. The summed E-state index contributed by atoms with van der Waals surface area (Å²) < 4.78 is 16.0. The monoisotopic (exact) mass is 467 g/mol. The molecule has 0 aliphatic carbocycles. The van der Waals surface area contributed by atoms with Gasteiger partial charge in [-0.05, 0) is 62.6 Å². The molecule has 0 fully saturated rings. The summed E-state index contributed by atoms with van der Waals surface area (Å²) in [5.41, 5.74) is 4.91. The molecule has 0 unspecified atom stereocenters. The standard InChI is InChI=1S/C26H33N3O5/c1-6-34-25(30)23-20(15-27-12-11-18-9-10-21(32-4)22(14-18)33-5)28-26(31)29-24(23)19-13-16(2)7-8-17(19)3/h7-10,13-14,24,27H,6,11-12,15H2,1-5H3,(H2,28,29,31)/t24-/m1/s1. The number of carbonyl (C=O) groups is 2. The Balaban J connectivity index is 1.80. The van der Waals surface area contributed by atoms with Crippen molar-refractivity contribution in [1.82, 2.24) is 16.0 Å². The molecule has 2 aromatic rings. The highest BCUT2D eigenvalue weighted by Crippen LogP contribution is 2.31. The number of methoxy groups -OCH3 is 2. The minimum absolute atomic E-state index is 0.246. The molecule has 8 heteroatoms. The minimum atomic E-state index is -0.588. The second-order valence-electron chi connectivity index (χ2n) is 8.12. The maximum Gasteiger partial charge on any atom is 0.338 e. The molecule has 0 radical (unpaired) electrons. The normalized spacial score (nSPS) is 15.4. The lowest BCUT2D eigenvalue weighted by atomic mass is 9.91. The first-order chi connectivity index (χ1) is 16.4. The number of carbonyl (C=O) groups excluding carboxylic acids is 2. The molecule has 8 nitrogen and oxygen atoms in total. The predicted molar refractivity (Wildman–Crippen MR) is 130 cm³/mol. The smallest absolute Gasteiger partial charge is 0.338 e. The largest absolute Gasteiger partial charge is 0.493 e. The van der Waals surface area contributed by atoms with E-state index in [9.17, 15) is 9.59 Å². The van der Waals surface area contributed by atoms with Gasteiger partial charge in [0, 0.05) is 12.2 Å². The maximum absolute atomic E-state index is 13.0. The van der Waals surface area contributed by atoms with E-state index >= 15 is 0 Å². The second kappa shape index (κ2) is 11.6. The molecule has 3 rings (SSSR count). The van der Waals surface area contributed by atoms with E-state index in [1.54, 1.807) is 21.1 Å². The quantitative estimate of drug-likeness (QED) is 0.366. The fraction of sp³-hybridized carbons (Fsp3) is 0.385. The van der Waals surface area contributed by atoms with Crippen LogP contribution in [0.3, 0.4) is 0 Å². The van der Waals surface area contributed by atoms with Crippen LogP contribution in [-0.2, 0) is 16.0 Å². The van der Waals surface area contributed by atoms with Crippen molar-refractivity contribution in [2.75, 3.05) is 33.9 Å². The molecule has 0 saturated carbocycles. The first-order valence-electron chi connectivity index (χ1n) is 11.3. The van der Waals surface area contributed by atoms with Gasteiger partial charge in [-0.25, -0.2) is 9.59 Å². The van der Waals surface area contributed by atoms with E-state index in [-0.39, 0.29) is 12.6 Å². The van der Waals surface area contributed by atoms with Crippen LogP contribution in [0.4, 0.5) is 4.79 Å². The predicted octanol–water partition coefficient (Wildman–Crippen LogP) is 3.32. The van der Waals surface area contributed by atoms with Crippen molar-refractivity contribution in [3.8, 4) is 11.5 Å². The number of aryl methyl sites for hydroxylation is 2. The van der Waals surface area contributed by atoms with E-state index in [1.807, 2.05) is 50.2 Å². The topological polar surface area (TPSA) is 97.9 Å². The summed E-state index contributed by atoms with van der Waals surface area (Å²) in [5.74, 6) is 0.908. The summed E-state index contributed by atoms with van der Waals surface area (Å²) in [6.07, 6.45) is 0.731. The van der Waals surface area contributed by atoms with Crippen LogP contribution in [0.2, 0.25) is 0 Å². The average Bonchev–Trinajstić information content (AvgIpc) is 2.82. The Bertz CT molecular complexity index is 1080. The average molecular weight is 468 g/mol. The number of ether oxygens (including phenoxy) is 3. The summed E-state index contributed by atoms with van der Waals surface area (Å²) >= 11 is 0. The molecule has 182 valence electrons. The Kier molecular flexibility index (Phi) is 8.54. The molecule has 2 amide bonds. The SMILES string of the molecule is CCOC(=O)C1=C(CNCCc2ccc(OC)c(OC)c2)NC(=O)N[C@@H]1c1cc(C)ccc1C. The van der Waals surface area contributed by atoms with Gasteiger partial charge in [-0.2, -0.15) is 0 Å². The zero-order chi connectivity index (χ0) is 24.7. The Morgan fingerprint density at radius 1 is 1.06 bits per heavy atom. The Morgan fingerprint density at radius 3 is 2.53 bits per heavy atom. The molecule has 0 bridgehead atoms. The minimum Gasteiger partial charge on any atom is -0.493 e. The highest BCUT2D eigenvalue weighted by Gasteiger charge is 2.34. The Morgan fingerprint density at radius 2 is 1.82 bits per heavy atom. The van der Waals surface area contributed by atoms with Crippen LogP contribution in [0.15, 0.2) is 47.7 Å². The number of nitrogens with one attached hydrogen (secondary N) is 3. The zero-order valence-electron chi connectivity index (χ0n) is 20.4. The van der Waals surface area contributed by atoms with Gasteiger partial charge in [0.2, 0.25) is 0 Å². The van der Waals surface area contributed by atoms with E-state index in [4.69, 9.17) is 14.2 Å². The molecule has 34 heavy (non-hydrogen) atoms. The van der Waals surface area contributed by atoms with Gasteiger partial charge in [-0.1, -0.05) is 29.8 Å². The maximum atomic E-state index is 13.0. The van der Waals surface area contributed by atoms with Crippen LogP contribution < -0.4 is 25.4 Å². The number of hydrogen-bond donors (Lipinski definition) is 3. The third kappa shape index (κ3) is 5.88. The molecule has 1 atom stereocenters. The number of hydrogen-bond acceptors (Lipinski definition) is 6. The third-order valence-corrected chi connectivity index (χ3v) is 5.73. The van der Waals surface area contributed by atoms with Crippen molar-refractivity contribution in [1.29, 1.82) is 0 Å². The summed E-state index contributed by atoms with van der Waals surface area (Å²) in [5, 5.41) is 9.03. The highest BCUT2D eigenvalue weighted by atomic mass is 16.5. The molecule has 0 spiro atoms. The van der Waals surface area contributed by atoms with Crippen LogP contribution in [0.25, 0.3) is 0 Å². The Hall–Kier alpha value is -3.52. The molecule has 1 heterocycles. The first kappa shape index (κ1) is 25.1. The lowest BCUT2D eigenvalue weighted by Crippen LogP contribution is -2.48. The molecule has 1 aliphatic rings. The van der Waals surface area contributed by atoms with Crippen molar-refractivity contribution in [3.05, 3.63) is 69.9 Å². The molecule has 2 aromatic carbocycles. The van der Waals surface area contributed by atoms with E-state index < -0.39 is 12.0 Å². The molecule has 0 aromatic heterocycles. The van der Waals surface area contributed by atoms with E-state index in [1.165, 1.54) is 0 Å². The van der Waals surface area contributed by atoms with Gasteiger partial charge in [0.05, 0.1) is 32.4 Å². The number of esters is 1. The molecular formula is C26H33N3O5. The van der Waals surface area contributed by atoms with Crippen LogP contribution >= 0.6 is 0 Å². The van der Waals surface area contributed by atoms with Crippen molar-refractivity contribution >= 4 is 12.0 Å². The van der Waals surface area contributed by atoms with Gasteiger partial charge >= 0.3 is 12.0 Å². The Labute approximate surface area is 200 Å². The van der Waals surface area contributed by atoms with Crippen molar-refractivity contribution < 1.29 is 23.8 Å².